The molecular formula is C15H19F3N4O2. The average molecular weight is 344 g/mol. The van der Waals surface area contributed by atoms with Crippen molar-refractivity contribution in [3.63, 3.8) is 0 Å². The summed E-state index contributed by atoms with van der Waals surface area (Å²) in [5, 5.41) is 0. The van der Waals surface area contributed by atoms with E-state index in [9.17, 15) is 18.0 Å². The first-order valence-corrected chi connectivity index (χ1v) is 7.97. The predicted octanol–water partition coefficient (Wildman–Crippen LogP) is 1.71. The number of hydrogen-bond acceptors (Lipinski definition) is 5. The predicted molar refractivity (Wildman–Crippen MR) is 79.4 cm³/mol. The first kappa shape index (κ1) is 16.9. The average Bonchev–Trinajstić information content (AvgIpc) is 3.07. The summed E-state index contributed by atoms with van der Waals surface area (Å²) in [7, 11) is 0. The van der Waals surface area contributed by atoms with E-state index in [1.54, 1.807) is 9.80 Å². The monoisotopic (exact) mass is 344 g/mol. The first-order valence-electron chi connectivity index (χ1n) is 7.97. The normalized spacial score (nSPS) is 22.0. The Labute approximate surface area is 137 Å². The van der Waals surface area contributed by atoms with E-state index >= 15 is 0 Å². The molecule has 0 radical (unpaired) electrons. The van der Waals surface area contributed by atoms with Gasteiger partial charge >= 0.3 is 6.18 Å². The highest BCUT2D eigenvalue weighted by molar-refractivity contribution is 5.77. The number of halogens is 3. The lowest BCUT2D eigenvalue weighted by Gasteiger charge is -2.35. The molecule has 0 spiro atoms. The molecule has 1 amide bonds. The van der Waals surface area contributed by atoms with Crippen LogP contribution in [0, 0.1) is 0 Å². The Kier molecular flexibility index (Phi) is 4.88. The van der Waals surface area contributed by atoms with Crippen LogP contribution in [-0.2, 0) is 15.7 Å². The van der Waals surface area contributed by atoms with E-state index in [0.717, 1.165) is 31.8 Å². The molecule has 6 nitrogen and oxygen atoms in total. The summed E-state index contributed by atoms with van der Waals surface area (Å²) >= 11 is 0. The largest absolute Gasteiger partial charge is 0.419 e. The smallest absolute Gasteiger partial charge is 0.378 e. The van der Waals surface area contributed by atoms with Crippen molar-refractivity contribution in [3.05, 3.63) is 18.0 Å². The molecule has 2 fully saturated rings. The summed E-state index contributed by atoms with van der Waals surface area (Å²) in [6.07, 6.45) is -0.520. The molecule has 1 aromatic heterocycles. The zero-order valence-electron chi connectivity index (χ0n) is 13.1. The molecular weight excluding hydrogens is 325 g/mol. The number of piperazine rings is 1. The van der Waals surface area contributed by atoms with Crippen molar-refractivity contribution in [2.45, 2.75) is 31.5 Å². The fraction of sp³-hybridized carbons (Fsp3) is 0.667. The molecule has 24 heavy (non-hydrogen) atoms. The van der Waals surface area contributed by atoms with Gasteiger partial charge in [-0.15, -0.1) is 0 Å². The fourth-order valence-corrected chi connectivity index (χ4v) is 2.92. The van der Waals surface area contributed by atoms with Gasteiger partial charge in [-0.2, -0.15) is 13.2 Å². The molecule has 0 aromatic carbocycles. The SMILES string of the molecule is O=C(CC1CCCO1)N1CCN(c2ncc(C(F)(F)F)cn2)CC1. The minimum atomic E-state index is -4.44. The Balaban J connectivity index is 1.52. The first-order chi connectivity index (χ1) is 11.4. The number of alkyl halides is 3. The molecule has 1 aromatic rings. The Morgan fingerprint density at radius 1 is 1.21 bits per heavy atom. The van der Waals surface area contributed by atoms with Gasteiger partial charge < -0.3 is 14.5 Å². The van der Waals surface area contributed by atoms with Gasteiger partial charge in [-0.3, -0.25) is 4.79 Å². The van der Waals surface area contributed by atoms with Gasteiger partial charge in [0.2, 0.25) is 11.9 Å². The highest BCUT2D eigenvalue weighted by Gasteiger charge is 2.32. The second-order valence-electron chi connectivity index (χ2n) is 5.98. The number of ether oxygens (including phenoxy) is 1. The Morgan fingerprint density at radius 2 is 1.88 bits per heavy atom. The van der Waals surface area contributed by atoms with Gasteiger partial charge in [0.25, 0.3) is 0 Å². The molecule has 1 atom stereocenters. The van der Waals surface area contributed by atoms with Crippen molar-refractivity contribution < 1.29 is 22.7 Å². The summed E-state index contributed by atoms with van der Waals surface area (Å²) in [6.45, 7) is 2.74. The third-order valence-corrected chi connectivity index (χ3v) is 4.31. The van der Waals surface area contributed by atoms with Crippen molar-refractivity contribution in [3.8, 4) is 0 Å². The maximum absolute atomic E-state index is 12.5. The molecule has 1 unspecified atom stereocenters. The van der Waals surface area contributed by atoms with E-state index in [0.29, 0.717) is 32.6 Å². The van der Waals surface area contributed by atoms with Crippen LogP contribution in [0.25, 0.3) is 0 Å². The van der Waals surface area contributed by atoms with Gasteiger partial charge in [0.05, 0.1) is 18.1 Å². The summed E-state index contributed by atoms with van der Waals surface area (Å²) in [5.74, 6) is 0.323. The van der Waals surface area contributed by atoms with Crippen molar-refractivity contribution in [2.24, 2.45) is 0 Å². The highest BCUT2D eigenvalue weighted by atomic mass is 19.4. The molecule has 3 rings (SSSR count). The minimum absolute atomic E-state index is 0.0220. The van der Waals surface area contributed by atoms with Crippen molar-refractivity contribution >= 4 is 11.9 Å². The van der Waals surface area contributed by atoms with Crippen LogP contribution in [0.2, 0.25) is 0 Å². The molecule has 2 aliphatic rings. The summed E-state index contributed by atoms with van der Waals surface area (Å²) < 4.78 is 43.0. The molecule has 0 aliphatic carbocycles. The van der Waals surface area contributed by atoms with E-state index in [1.807, 2.05) is 0 Å². The third-order valence-electron chi connectivity index (χ3n) is 4.31. The number of rotatable bonds is 3. The van der Waals surface area contributed by atoms with Gasteiger partial charge in [-0.1, -0.05) is 0 Å². The number of anilines is 1. The van der Waals surface area contributed by atoms with Gasteiger partial charge in [0.15, 0.2) is 0 Å². The molecule has 2 aliphatic heterocycles. The summed E-state index contributed by atoms with van der Waals surface area (Å²) in [5.41, 5.74) is -0.864. The van der Waals surface area contributed by atoms with E-state index in [1.165, 1.54) is 0 Å². The number of carbonyl (C=O) groups excluding carboxylic acids is 1. The Hall–Kier alpha value is -1.90. The maximum atomic E-state index is 12.5. The van der Waals surface area contributed by atoms with Crippen molar-refractivity contribution in [1.29, 1.82) is 0 Å². The number of aromatic nitrogens is 2. The second-order valence-corrected chi connectivity index (χ2v) is 5.98. The topological polar surface area (TPSA) is 58.6 Å². The summed E-state index contributed by atoms with van der Waals surface area (Å²) in [6, 6.07) is 0. The van der Waals surface area contributed by atoms with Crippen LogP contribution in [0.1, 0.15) is 24.8 Å². The highest BCUT2D eigenvalue weighted by Crippen LogP contribution is 2.28. The van der Waals surface area contributed by atoms with Gasteiger partial charge in [-0.25, -0.2) is 9.97 Å². The van der Waals surface area contributed by atoms with Crippen LogP contribution < -0.4 is 4.90 Å². The maximum Gasteiger partial charge on any atom is 0.419 e. The van der Waals surface area contributed by atoms with Gasteiger partial charge in [0.1, 0.15) is 0 Å². The number of hydrogen-bond donors (Lipinski definition) is 0. The van der Waals surface area contributed by atoms with Crippen LogP contribution >= 0.6 is 0 Å². The van der Waals surface area contributed by atoms with E-state index < -0.39 is 11.7 Å². The summed E-state index contributed by atoms with van der Waals surface area (Å²) in [4.78, 5) is 23.4. The fourth-order valence-electron chi connectivity index (χ4n) is 2.92. The minimum Gasteiger partial charge on any atom is -0.378 e. The van der Waals surface area contributed by atoms with Crippen LogP contribution in [0.5, 0.6) is 0 Å². The van der Waals surface area contributed by atoms with Crippen LogP contribution in [-0.4, -0.2) is 59.7 Å². The third kappa shape index (κ3) is 3.95. The molecule has 0 N–H and O–H groups in total. The van der Waals surface area contributed by atoms with Crippen molar-refractivity contribution in [1.82, 2.24) is 14.9 Å². The van der Waals surface area contributed by atoms with E-state index in [2.05, 4.69) is 9.97 Å². The lowest BCUT2D eigenvalue weighted by Crippen LogP contribution is -2.49. The lowest BCUT2D eigenvalue weighted by atomic mass is 10.1. The van der Waals surface area contributed by atoms with E-state index in [-0.39, 0.29) is 18.0 Å². The lowest BCUT2D eigenvalue weighted by molar-refractivity contribution is -0.138. The molecule has 2 saturated heterocycles. The van der Waals surface area contributed by atoms with Crippen LogP contribution in [0.3, 0.4) is 0 Å². The second kappa shape index (κ2) is 6.92. The number of carbonyl (C=O) groups is 1. The van der Waals surface area contributed by atoms with Gasteiger partial charge in [0, 0.05) is 45.2 Å². The Bertz CT molecular complexity index is 565. The zero-order chi connectivity index (χ0) is 17.2. The number of amides is 1. The van der Waals surface area contributed by atoms with Crippen LogP contribution in [0.4, 0.5) is 19.1 Å². The number of nitrogens with zero attached hydrogens (tertiary/aromatic N) is 4. The molecule has 132 valence electrons. The molecule has 3 heterocycles. The van der Waals surface area contributed by atoms with Crippen LogP contribution in [0.15, 0.2) is 12.4 Å². The molecule has 0 bridgehead atoms. The standard InChI is InChI=1S/C15H19F3N4O2/c16-15(17,18)11-9-19-14(20-10-11)22-5-3-21(4-6-22)13(23)8-12-2-1-7-24-12/h9-10,12H,1-8H2. The quantitative estimate of drug-likeness (QED) is 0.836. The molecule has 0 saturated carbocycles. The zero-order valence-corrected chi connectivity index (χ0v) is 13.1. The van der Waals surface area contributed by atoms with E-state index in [4.69, 9.17) is 4.74 Å². The van der Waals surface area contributed by atoms with Crippen molar-refractivity contribution in [2.75, 3.05) is 37.7 Å². The molecule has 9 heteroatoms. The Morgan fingerprint density at radius 3 is 2.42 bits per heavy atom. The van der Waals surface area contributed by atoms with Gasteiger partial charge in [-0.05, 0) is 12.8 Å².